The summed E-state index contributed by atoms with van der Waals surface area (Å²) in [5, 5.41) is 10.6. The van der Waals surface area contributed by atoms with E-state index in [0.29, 0.717) is 31.6 Å². The number of carbonyl (C=O) groups excluding carboxylic acids is 4. The number of hydrogen-bond donors (Lipinski definition) is 3. The van der Waals surface area contributed by atoms with Gasteiger partial charge < -0.3 is 33.8 Å². The van der Waals surface area contributed by atoms with Crippen molar-refractivity contribution in [1.82, 2.24) is 0 Å². The zero-order chi connectivity index (χ0) is 69.6. The Morgan fingerprint density at radius 3 is 0.755 bits per heavy atom. The van der Waals surface area contributed by atoms with Crippen LogP contribution in [0, 0.1) is 23.7 Å². The number of hydrogen-bond acceptors (Lipinski definition) is 15. The average Bonchev–Trinajstić information content (AvgIpc) is 1.16. The molecule has 0 fully saturated rings. The Hall–Kier alpha value is -1.94. The molecule has 0 radical (unpaired) electrons. The van der Waals surface area contributed by atoms with Gasteiger partial charge in [-0.05, 0) is 49.4 Å². The molecule has 0 bridgehead atoms. The van der Waals surface area contributed by atoms with Gasteiger partial charge in [-0.1, -0.05) is 325 Å². The van der Waals surface area contributed by atoms with Crippen LogP contribution in [0.15, 0.2) is 0 Å². The summed E-state index contributed by atoms with van der Waals surface area (Å²) in [6.07, 6.45) is 48.6. The molecule has 19 heteroatoms. The third kappa shape index (κ3) is 67.3. The van der Waals surface area contributed by atoms with Crippen LogP contribution in [-0.2, 0) is 65.4 Å². The molecule has 0 aromatic heterocycles. The summed E-state index contributed by atoms with van der Waals surface area (Å²) in [5.74, 6) is 0.922. The maximum absolute atomic E-state index is 13.1. The quantitative estimate of drug-likeness (QED) is 0.0222. The number of carbonyl (C=O) groups is 4. The highest BCUT2D eigenvalue weighted by molar-refractivity contribution is 7.47. The fraction of sp³-hybridized carbons (Fsp3) is 0.947. The molecule has 94 heavy (non-hydrogen) atoms. The fourth-order valence-corrected chi connectivity index (χ4v) is 12.9. The molecule has 0 rings (SSSR count). The van der Waals surface area contributed by atoms with Crippen LogP contribution in [0.3, 0.4) is 0 Å². The molecule has 6 atom stereocenters. The van der Waals surface area contributed by atoms with E-state index in [1.165, 1.54) is 173 Å². The van der Waals surface area contributed by atoms with Gasteiger partial charge in [0.2, 0.25) is 0 Å². The van der Waals surface area contributed by atoms with E-state index in [2.05, 4.69) is 55.4 Å². The predicted octanol–water partition coefficient (Wildman–Crippen LogP) is 21.7. The van der Waals surface area contributed by atoms with Gasteiger partial charge in [-0.15, -0.1) is 0 Å². The Labute approximate surface area is 575 Å². The summed E-state index contributed by atoms with van der Waals surface area (Å²) >= 11 is 0. The molecular formula is C75H146O17P2. The van der Waals surface area contributed by atoms with Crippen molar-refractivity contribution in [3.8, 4) is 0 Å². The van der Waals surface area contributed by atoms with Gasteiger partial charge in [0.25, 0.3) is 0 Å². The van der Waals surface area contributed by atoms with Gasteiger partial charge in [0.1, 0.15) is 19.3 Å². The molecule has 4 unspecified atom stereocenters. The summed E-state index contributed by atoms with van der Waals surface area (Å²) in [7, 11) is -9.91. The molecule has 0 aliphatic heterocycles. The van der Waals surface area contributed by atoms with Crippen LogP contribution in [0.4, 0.5) is 0 Å². The fourth-order valence-electron chi connectivity index (χ4n) is 11.3. The van der Waals surface area contributed by atoms with Gasteiger partial charge in [0.15, 0.2) is 12.2 Å². The first kappa shape index (κ1) is 92.1. The summed E-state index contributed by atoms with van der Waals surface area (Å²) in [6.45, 7) is 14.2. The Balaban J connectivity index is 5.23. The van der Waals surface area contributed by atoms with Crippen LogP contribution in [0.2, 0.25) is 0 Å². The minimum atomic E-state index is -4.96. The minimum Gasteiger partial charge on any atom is -0.462 e. The van der Waals surface area contributed by atoms with Gasteiger partial charge in [-0.25, -0.2) is 9.13 Å². The van der Waals surface area contributed by atoms with Crippen LogP contribution in [0.1, 0.15) is 376 Å². The molecule has 0 saturated heterocycles. The molecule has 558 valence electrons. The molecule has 0 heterocycles. The largest absolute Gasteiger partial charge is 0.472 e. The van der Waals surface area contributed by atoms with E-state index < -0.39 is 97.5 Å². The standard InChI is InChI=1S/C75H146O17P2/c1-9-68(8)54-46-38-30-24-25-33-42-50-58-75(80)92-70(61-85-72(77)55-47-39-31-22-18-14-12-10-11-13-16-20-27-35-43-51-65(2)3)63-89-93(81,82)87-59-69(76)60-88-94(83,84)90-64-71(62-86-73(78)56-48-40-34-26-29-37-45-53-67(6)7)91-74(79)57-49-41-32-23-19-15-17-21-28-36-44-52-66(4)5/h65-71,76H,9-64H2,1-8H3,(H,81,82)(H,83,84)/t68?,69?,70-,71-/m1/s1. The first-order valence-electron chi connectivity index (χ1n) is 38.7. The third-order valence-electron chi connectivity index (χ3n) is 17.7. The lowest BCUT2D eigenvalue weighted by atomic mass is 9.99. The van der Waals surface area contributed by atoms with E-state index >= 15 is 0 Å². The van der Waals surface area contributed by atoms with Crippen molar-refractivity contribution in [2.24, 2.45) is 23.7 Å². The number of unbranched alkanes of at least 4 members (excludes halogenated alkanes) is 37. The van der Waals surface area contributed by atoms with Crippen molar-refractivity contribution < 1.29 is 80.2 Å². The van der Waals surface area contributed by atoms with Gasteiger partial charge in [-0.2, -0.15) is 0 Å². The van der Waals surface area contributed by atoms with Crippen LogP contribution in [-0.4, -0.2) is 96.7 Å². The second kappa shape index (κ2) is 64.4. The van der Waals surface area contributed by atoms with Gasteiger partial charge in [0, 0.05) is 25.7 Å². The number of ether oxygens (including phenoxy) is 4. The van der Waals surface area contributed by atoms with E-state index in [4.69, 9.17) is 37.0 Å². The molecule has 0 aliphatic carbocycles. The van der Waals surface area contributed by atoms with E-state index in [9.17, 15) is 43.2 Å². The van der Waals surface area contributed by atoms with Crippen LogP contribution in [0.5, 0.6) is 0 Å². The SMILES string of the molecule is CCC(C)CCCCCCCCCCC(=O)O[C@H](COC(=O)CCCCCCCCCCCCCCCCCC(C)C)COP(=O)(O)OCC(O)COP(=O)(O)OC[C@@H](COC(=O)CCCCCCCCCC(C)C)OC(=O)CCCCCCCCCCCCCC(C)C. The molecule has 0 amide bonds. The van der Waals surface area contributed by atoms with Gasteiger partial charge in [0.05, 0.1) is 26.4 Å². The van der Waals surface area contributed by atoms with E-state index in [0.717, 1.165) is 114 Å². The number of esters is 4. The highest BCUT2D eigenvalue weighted by atomic mass is 31.2. The van der Waals surface area contributed by atoms with Crippen molar-refractivity contribution in [2.75, 3.05) is 39.6 Å². The minimum absolute atomic E-state index is 0.105. The van der Waals surface area contributed by atoms with Gasteiger partial charge >= 0.3 is 39.5 Å². The topological polar surface area (TPSA) is 237 Å². The second-order valence-corrected chi connectivity index (χ2v) is 31.6. The summed E-state index contributed by atoms with van der Waals surface area (Å²) < 4.78 is 68.5. The Morgan fingerprint density at radius 1 is 0.298 bits per heavy atom. The molecule has 0 spiro atoms. The maximum atomic E-state index is 13.1. The van der Waals surface area contributed by atoms with Gasteiger partial charge in [-0.3, -0.25) is 37.3 Å². The first-order chi connectivity index (χ1) is 45.1. The highest BCUT2D eigenvalue weighted by Crippen LogP contribution is 2.45. The predicted molar refractivity (Wildman–Crippen MR) is 381 cm³/mol. The number of rotatable bonds is 72. The van der Waals surface area contributed by atoms with Crippen LogP contribution >= 0.6 is 15.6 Å². The van der Waals surface area contributed by atoms with E-state index in [1.54, 1.807) is 0 Å². The summed E-state index contributed by atoms with van der Waals surface area (Å²) in [5.41, 5.74) is 0. The zero-order valence-electron chi connectivity index (χ0n) is 61.6. The highest BCUT2D eigenvalue weighted by Gasteiger charge is 2.30. The maximum Gasteiger partial charge on any atom is 0.472 e. The second-order valence-electron chi connectivity index (χ2n) is 28.7. The van der Waals surface area contributed by atoms with E-state index in [-0.39, 0.29) is 25.7 Å². The van der Waals surface area contributed by atoms with Crippen LogP contribution in [0.25, 0.3) is 0 Å². The van der Waals surface area contributed by atoms with Crippen molar-refractivity contribution in [1.29, 1.82) is 0 Å². The molecular weight excluding hydrogens is 1230 g/mol. The monoisotopic (exact) mass is 1380 g/mol. The lowest BCUT2D eigenvalue weighted by Gasteiger charge is -2.21. The Bertz CT molecular complexity index is 1850. The smallest absolute Gasteiger partial charge is 0.462 e. The summed E-state index contributed by atoms with van der Waals surface area (Å²) in [6, 6.07) is 0. The number of phosphoric ester groups is 2. The molecule has 17 nitrogen and oxygen atoms in total. The molecule has 0 aromatic carbocycles. The van der Waals surface area contributed by atoms with Crippen molar-refractivity contribution in [2.45, 2.75) is 395 Å². The number of aliphatic hydroxyl groups is 1. The number of aliphatic hydroxyl groups excluding tert-OH is 1. The van der Waals surface area contributed by atoms with E-state index in [1.807, 2.05) is 0 Å². The van der Waals surface area contributed by atoms with Crippen molar-refractivity contribution >= 4 is 39.5 Å². The molecule has 0 saturated carbocycles. The lowest BCUT2D eigenvalue weighted by molar-refractivity contribution is -0.161. The molecule has 0 aromatic rings. The number of phosphoric acid groups is 2. The molecule has 3 N–H and O–H groups in total. The summed E-state index contributed by atoms with van der Waals surface area (Å²) in [4.78, 5) is 72.8. The third-order valence-corrected chi connectivity index (χ3v) is 19.6. The zero-order valence-corrected chi connectivity index (χ0v) is 63.4. The van der Waals surface area contributed by atoms with Crippen molar-refractivity contribution in [3.05, 3.63) is 0 Å². The Kier molecular flexibility index (Phi) is 63.1. The first-order valence-corrected chi connectivity index (χ1v) is 41.7. The van der Waals surface area contributed by atoms with Crippen LogP contribution < -0.4 is 0 Å². The lowest BCUT2D eigenvalue weighted by Crippen LogP contribution is -2.30. The normalized spacial score (nSPS) is 14.4. The average molecular weight is 1380 g/mol. The molecule has 0 aliphatic rings. The Morgan fingerprint density at radius 2 is 0.511 bits per heavy atom. The van der Waals surface area contributed by atoms with Crippen molar-refractivity contribution in [3.63, 3.8) is 0 Å².